The molecule has 0 aromatic heterocycles. The summed E-state index contributed by atoms with van der Waals surface area (Å²) in [6.45, 7) is 0. The fourth-order valence-electron chi connectivity index (χ4n) is 0. The van der Waals surface area contributed by atoms with Gasteiger partial charge in [-0.05, 0) is 0 Å². The number of hydrogen-bond acceptors (Lipinski definition) is 0. The average molecular weight is 483 g/mol. The molecule has 34 valence electrons. The van der Waals surface area contributed by atoms with Gasteiger partial charge in [0.1, 0.15) is 0 Å². The molecule has 0 saturated carbocycles. The van der Waals surface area contributed by atoms with Gasteiger partial charge in [-0.15, -0.1) is 0 Å². The number of hydrogen-bond donors (Lipinski definition) is 0. The third kappa shape index (κ3) is 24.2. The van der Waals surface area contributed by atoms with E-state index in [0.717, 1.165) is 0 Å². The van der Waals surface area contributed by atoms with Gasteiger partial charge in [-0.25, -0.2) is 0 Å². The summed E-state index contributed by atoms with van der Waals surface area (Å²) in [6.07, 6.45) is 0. The van der Waals surface area contributed by atoms with Gasteiger partial charge in [-0.1, -0.05) is 0 Å². The van der Waals surface area contributed by atoms with Crippen LogP contribution in [-0.4, -0.2) is 85.2 Å². The van der Waals surface area contributed by atoms with Gasteiger partial charge in [0.05, 0.1) is 0 Å². The van der Waals surface area contributed by atoms with Crippen LogP contribution in [0.4, 0.5) is 0 Å². The van der Waals surface area contributed by atoms with Crippen molar-refractivity contribution in [2.45, 2.75) is 0 Å². The summed E-state index contributed by atoms with van der Waals surface area (Å²) in [7, 11) is 20.2. The molecule has 0 unspecified atom stereocenters. The van der Waals surface area contributed by atoms with Gasteiger partial charge < -0.3 is 0 Å². The number of rotatable bonds is 0. The first-order chi connectivity index (χ1) is 2.00. The van der Waals surface area contributed by atoms with Crippen LogP contribution >= 0.6 is 33.3 Å². The molecule has 0 aliphatic carbocycles. The topological polar surface area (TPSA) is 0 Å². The Hall–Kier alpha value is 4.13. The van der Waals surface area contributed by atoms with Crippen LogP contribution in [0.5, 0.6) is 0 Å². The van der Waals surface area contributed by atoms with E-state index in [1.54, 1.807) is 0 Å². The van der Waals surface area contributed by atoms with Gasteiger partial charge in [-0.2, -0.15) is 0 Å². The first-order valence-electron chi connectivity index (χ1n) is 0.756. The molecule has 6 heteroatoms. The standard InChI is InChI=1S/4ClH.Cs.Pb.H/h4*1H;;;/q;;;;;+4;/p-4. The van der Waals surface area contributed by atoms with E-state index in [0.29, 0.717) is 0 Å². The van der Waals surface area contributed by atoms with Gasteiger partial charge in [0, 0.05) is 0 Å². The van der Waals surface area contributed by atoms with Crippen molar-refractivity contribution in [3.8, 4) is 0 Å². The molecule has 6 heavy (non-hydrogen) atoms. The van der Waals surface area contributed by atoms with E-state index in [9.17, 15) is 0 Å². The third-order valence-corrected chi connectivity index (χ3v) is 0. The Labute approximate surface area is 114 Å². The zero-order valence-electron chi connectivity index (χ0n) is 2.01. The zero-order chi connectivity index (χ0) is 4.50. The second kappa shape index (κ2) is 5.88. The summed E-state index contributed by atoms with van der Waals surface area (Å²) in [4.78, 5) is 0. The van der Waals surface area contributed by atoms with Crippen molar-refractivity contribution in [2.75, 3.05) is 0 Å². The average Bonchev–Trinajstić information content (AvgIpc) is 0.722. The Morgan fingerprint density at radius 2 is 0.833 bits per heavy atom. The predicted molar refractivity (Wildman–Crippen MR) is 36.3 cm³/mol. The summed E-state index contributed by atoms with van der Waals surface area (Å²) in [5.41, 5.74) is 0. The fraction of sp³-hybridized carbons (Fsp3) is 0. The van der Waals surface area contributed by atoms with Gasteiger partial charge in [0.25, 0.3) is 0 Å². The normalized spacial score (nSPS) is 10.0. The van der Waals surface area contributed by atoms with E-state index in [-0.39, 0.29) is 68.9 Å². The molecule has 0 saturated heterocycles. The molecule has 0 atom stereocenters. The van der Waals surface area contributed by atoms with Crippen LogP contribution in [0.3, 0.4) is 0 Å². The van der Waals surface area contributed by atoms with Crippen molar-refractivity contribution in [1.29, 1.82) is 0 Å². The molecule has 0 N–H and O–H groups in total. The Kier molecular flexibility index (Phi) is 12.5. The van der Waals surface area contributed by atoms with E-state index in [1.165, 1.54) is 0 Å². The molecule has 0 heterocycles. The van der Waals surface area contributed by atoms with Crippen molar-refractivity contribution in [1.82, 2.24) is 0 Å². The van der Waals surface area contributed by atoms with Crippen LogP contribution < -0.4 is 0 Å². The van der Waals surface area contributed by atoms with Crippen LogP contribution in [0.1, 0.15) is 0 Å². The third-order valence-electron chi connectivity index (χ3n) is 0. The summed E-state index contributed by atoms with van der Waals surface area (Å²) in [5, 5.41) is 0. The maximum atomic E-state index is 5.05. The van der Waals surface area contributed by atoms with Crippen LogP contribution in [0.15, 0.2) is 0 Å². The quantitative estimate of drug-likeness (QED) is 0.461. The summed E-state index contributed by atoms with van der Waals surface area (Å²) in [5.74, 6) is 0. The minimum atomic E-state index is -3.39. The molecule has 0 fully saturated rings. The Morgan fingerprint density at radius 3 is 0.833 bits per heavy atom. The Morgan fingerprint density at radius 1 is 0.833 bits per heavy atom. The maximum absolute atomic E-state index is 5.05. The second-order valence-corrected chi connectivity index (χ2v) is 33.8. The first-order valence-corrected chi connectivity index (χ1v) is 19.9. The van der Waals surface area contributed by atoms with E-state index in [2.05, 4.69) is 0 Å². The van der Waals surface area contributed by atoms with E-state index < -0.39 is 16.3 Å². The summed E-state index contributed by atoms with van der Waals surface area (Å²) in [6, 6.07) is 0. The van der Waals surface area contributed by atoms with E-state index >= 15 is 0 Å². The van der Waals surface area contributed by atoms with Crippen molar-refractivity contribution in [3.63, 3.8) is 0 Å². The molecule has 0 aromatic rings. The molecule has 0 spiro atoms. The Balaban J connectivity index is 0. The summed E-state index contributed by atoms with van der Waals surface area (Å²) < 4.78 is 0. The molecule has 0 amide bonds. The molecule has 0 radical (unpaired) electrons. The van der Waals surface area contributed by atoms with Crippen LogP contribution in [0.25, 0.3) is 0 Å². The van der Waals surface area contributed by atoms with Crippen molar-refractivity contribution in [2.24, 2.45) is 0 Å². The van der Waals surface area contributed by atoms with Gasteiger partial charge >= 0.3 is 118 Å². The molecular formula is HCl4CsPb. The Bertz CT molecular complexity index is 23.0. The molecule has 0 aliphatic rings. The monoisotopic (exact) mass is 482 g/mol. The zero-order valence-corrected chi connectivity index (χ0v) is 8.92. The van der Waals surface area contributed by atoms with Crippen LogP contribution in [-0.2, 0) is 0 Å². The second-order valence-electron chi connectivity index (χ2n) is 0.429. The van der Waals surface area contributed by atoms with E-state index in [1.807, 2.05) is 0 Å². The number of halogens is 4. The van der Waals surface area contributed by atoms with Crippen molar-refractivity contribution >= 4 is 118 Å². The van der Waals surface area contributed by atoms with Gasteiger partial charge in [-0.3, -0.25) is 0 Å². The van der Waals surface area contributed by atoms with Gasteiger partial charge in [0.2, 0.25) is 0 Å². The molecule has 0 aromatic carbocycles. The summed E-state index contributed by atoms with van der Waals surface area (Å²) >= 11 is -3.39. The molecule has 0 aliphatic heterocycles. The van der Waals surface area contributed by atoms with Crippen molar-refractivity contribution < 1.29 is 0 Å². The molecular weight excluding hydrogens is 482 g/mol. The minimum absolute atomic E-state index is 0. The SMILES string of the molecule is [Cl][Pb]([Cl])([Cl])[Cl].[CsH]. The molecule has 0 bridgehead atoms. The first kappa shape index (κ1) is 12.8. The van der Waals surface area contributed by atoms with Crippen molar-refractivity contribution in [3.05, 3.63) is 0 Å². The van der Waals surface area contributed by atoms with Gasteiger partial charge in [0.15, 0.2) is 0 Å². The van der Waals surface area contributed by atoms with E-state index in [4.69, 9.17) is 33.3 Å². The fourth-order valence-corrected chi connectivity index (χ4v) is 0. The molecule has 0 rings (SSSR count). The van der Waals surface area contributed by atoms with Crippen LogP contribution in [0, 0.1) is 0 Å². The van der Waals surface area contributed by atoms with Crippen LogP contribution in [0.2, 0.25) is 0 Å². The molecule has 0 nitrogen and oxygen atoms in total. The predicted octanol–water partition coefficient (Wildman–Crippen LogP) is 1.73.